The van der Waals surface area contributed by atoms with Gasteiger partial charge in [-0.2, -0.15) is 5.10 Å². The molecule has 0 aliphatic carbocycles. The molecule has 1 saturated heterocycles. The maximum atomic E-state index is 12.1. The third-order valence-corrected chi connectivity index (χ3v) is 6.59. The molecule has 0 N–H and O–H groups in total. The molecular weight excluding hydrogens is 434 g/mol. The van der Waals surface area contributed by atoms with Crippen LogP contribution in [0.5, 0.6) is 0 Å². The summed E-state index contributed by atoms with van der Waals surface area (Å²) >= 11 is 0. The topological polar surface area (TPSA) is 113 Å². The average Bonchev–Trinajstić information content (AvgIpc) is 3.18. The Morgan fingerprint density at radius 2 is 1.84 bits per heavy atom. The Hall–Kier alpha value is -2.95. The highest BCUT2D eigenvalue weighted by molar-refractivity contribution is 7.90. The minimum atomic E-state index is -3.27. The summed E-state index contributed by atoms with van der Waals surface area (Å²) in [5.41, 5.74) is 0.733. The molecular formula is C21H27N5O5S. The number of carbonyl (C=O) groups excluding carboxylic acids is 1. The van der Waals surface area contributed by atoms with Crippen LogP contribution in [0.3, 0.4) is 0 Å². The normalized spacial score (nSPS) is 23.3. The number of rotatable bonds is 4. The average molecular weight is 462 g/mol. The van der Waals surface area contributed by atoms with Crippen molar-refractivity contribution in [1.82, 2.24) is 4.90 Å². The molecule has 3 aliphatic heterocycles. The number of likely N-dealkylation sites (tertiary alicyclic amines) is 1. The number of ether oxygens (including phenoxy) is 2. The van der Waals surface area contributed by atoms with E-state index in [0.29, 0.717) is 31.8 Å². The van der Waals surface area contributed by atoms with Crippen molar-refractivity contribution < 1.29 is 22.7 Å². The van der Waals surface area contributed by atoms with Crippen LogP contribution in [0.25, 0.3) is 0 Å². The van der Waals surface area contributed by atoms with E-state index in [1.165, 1.54) is 12.6 Å². The Balaban J connectivity index is 1.37. The fraction of sp³-hybridized carbons (Fsp3) is 0.524. The predicted molar refractivity (Wildman–Crippen MR) is 121 cm³/mol. The zero-order valence-electron chi connectivity index (χ0n) is 18.3. The van der Waals surface area contributed by atoms with Crippen molar-refractivity contribution in [3.63, 3.8) is 0 Å². The summed E-state index contributed by atoms with van der Waals surface area (Å²) in [6, 6.07) is 6.54. The van der Waals surface area contributed by atoms with Crippen LogP contribution in [-0.2, 0) is 19.3 Å². The molecule has 4 rings (SSSR count). The van der Waals surface area contributed by atoms with Gasteiger partial charge in [-0.05, 0) is 38.1 Å². The molecule has 3 heterocycles. The lowest BCUT2D eigenvalue weighted by Gasteiger charge is -2.33. The molecule has 0 aromatic heterocycles. The van der Waals surface area contributed by atoms with Crippen LogP contribution in [0, 0.1) is 5.92 Å². The maximum Gasteiger partial charge on any atom is 0.410 e. The van der Waals surface area contributed by atoms with Gasteiger partial charge in [0.1, 0.15) is 18.4 Å². The molecule has 0 saturated carbocycles. The van der Waals surface area contributed by atoms with Crippen molar-refractivity contribution in [2.45, 2.75) is 50.0 Å². The highest BCUT2D eigenvalue weighted by Crippen LogP contribution is 2.30. The summed E-state index contributed by atoms with van der Waals surface area (Å²) in [5.74, 6) is 0.311. The lowest BCUT2D eigenvalue weighted by atomic mass is 10.1. The summed E-state index contributed by atoms with van der Waals surface area (Å²) in [7, 11) is -3.27. The number of aliphatic imine (C=N–C) groups is 2. The third kappa shape index (κ3) is 4.77. The number of hydrazone groups is 1. The van der Waals surface area contributed by atoms with Crippen molar-refractivity contribution in [1.29, 1.82) is 0 Å². The molecule has 0 bridgehead atoms. The second-order valence-electron chi connectivity index (χ2n) is 8.28. The third-order valence-electron chi connectivity index (χ3n) is 5.47. The van der Waals surface area contributed by atoms with E-state index in [0.717, 1.165) is 5.69 Å². The zero-order chi connectivity index (χ0) is 22.9. The largest absolute Gasteiger partial charge is 0.477 e. The van der Waals surface area contributed by atoms with E-state index in [2.05, 4.69) is 15.1 Å². The van der Waals surface area contributed by atoms with Crippen molar-refractivity contribution >= 4 is 40.1 Å². The second-order valence-corrected chi connectivity index (χ2v) is 10.3. The number of benzene rings is 1. The van der Waals surface area contributed by atoms with Crippen molar-refractivity contribution in [2.24, 2.45) is 21.0 Å². The summed E-state index contributed by atoms with van der Waals surface area (Å²) in [6.07, 6.45) is 4.95. The van der Waals surface area contributed by atoms with Gasteiger partial charge in [-0.3, -0.25) is 0 Å². The van der Waals surface area contributed by atoms with E-state index < -0.39 is 9.84 Å². The first kappa shape index (κ1) is 22.3. The summed E-state index contributed by atoms with van der Waals surface area (Å²) < 4.78 is 34.9. The number of hydrogen-bond donors (Lipinski definition) is 0. The van der Waals surface area contributed by atoms with E-state index >= 15 is 0 Å². The molecule has 2 unspecified atom stereocenters. The molecule has 10 nitrogen and oxygen atoms in total. The van der Waals surface area contributed by atoms with Crippen molar-refractivity contribution in [3.05, 3.63) is 24.3 Å². The molecule has 11 heteroatoms. The Morgan fingerprint density at radius 3 is 2.47 bits per heavy atom. The van der Waals surface area contributed by atoms with Gasteiger partial charge in [0.05, 0.1) is 16.7 Å². The first-order valence-corrected chi connectivity index (χ1v) is 12.5. The molecule has 3 aliphatic rings. The number of sulfone groups is 1. The number of hydrogen-bond acceptors (Lipinski definition) is 9. The van der Waals surface area contributed by atoms with Crippen molar-refractivity contribution in [3.8, 4) is 0 Å². The Kier molecular flexibility index (Phi) is 6.18. The van der Waals surface area contributed by atoms with Gasteiger partial charge in [0.15, 0.2) is 16.0 Å². The number of fused-ring (bicyclic) bond motifs is 1. The maximum absolute atomic E-state index is 12.1. The fourth-order valence-electron chi connectivity index (χ4n) is 3.81. The van der Waals surface area contributed by atoms with Crippen LogP contribution in [-0.4, -0.2) is 75.6 Å². The monoisotopic (exact) mass is 461 g/mol. The van der Waals surface area contributed by atoms with Gasteiger partial charge < -0.3 is 14.4 Å². The van der Waals surface area contributed by atoms with Crippen molar-refractivity contribution in [2.75, 3.05) is 24.4 Å². The smallest absolute Gasteiger partial charge is 0.410 e. The van der Waals surface area contributed by atoms with Gasteiger partial charge in [0.2, 0.25) is 5.90 Å². The lowest BCUT2D eigenvalue weighted by Crippen LogP contribution is -2.44. The standard InChI is InChI=1S/C21H27N5O5S/c1-14(2)30-21(27)25-10-8-16(9-11-25)31-20-18-12-24-26(19(18)22-13-23-20)15-4-6-17(7-5-15)32(3,28)29/h4-7,12-14,16,18-19H,8-11H2,1-3H3. The van der Waals surface area contributed by atoms with Crippen LogP contribution in [0.4, 0.5) is 10.5 Å². The summed E-state index contributed by atoms with van der Waals surface area (Å²) in [4.78, 5) is 22.8. The van der Waals surface area contributed by atoms with E-state index in [4.69, 9.17) is 9.47 Å². The Bertz CT molecular complexity index is 1040. The SMILES string of the molecule is CC(C)OC(=O)N1CCC(OC2=NC=NC3C2C=NN3c2ccc(S(C)(=O)=O)cc2)CC1. The van der Waals surface area contributed by atoms with Gasteiger partial charge in [0.25, 0.3) is 0 Å². The number of piperidine rings is 1. The molecule has 1 aromatic carbocycles. The van der Waals surface area contributed by atoms with Crippen LogP contribution < -0.4 is 5.01 Å². The van der Waals surface area contributed by atoms with Crippen LogP contribution in [0.15, 0.2) is 44.2 Å². The molecule has 172 valence electrons. The number of nitrogens with zero attached hydrogens (tertiary/aromatic N) is 5. The highest BCUT2D eigenvalue weighted by atomic mass is 32.2. The van der Waals surface area contributed by atoms with Gasteiger partial charge >= 0.3 is 6.09 Å². The minimum absolute atomic E-state index is 0.0551. The molecule has 1 fully saturated rings. The van der Waals surface area contributed by atoms with Crippen LogP contribution in [0.1, 0.15) is 26.7 Å². The summed E-state index contributed by atoms with van der Waals surface area (Å²) in [6.45, 7) is 4.80. The quantitative estimate of drug-likeness (QED) is 0.680. The lowest BCUT2D eigenvalue weighted by molar-refractivity contribution is 0.0477. The zero-order valence-corrected chi connectivity index (χ0v) is 19.1. The predicted octanol–water partition coefficient (Wildman–Crippen LogP) is 2.30. The molecule has 1 aromatic rings. The molecule has 0 spiro atoms. The number of carbonyl (C=O) groups is 1. The van der Waals surface area contributed by atoms with E-state index in [1.807, 2.05) is 13.8 Å². The van der Waals surface area contributed by atoms with E-state index in [1.54, 1.807) is 40.4 Å². The molecule has 0 radical (unpaired) electrons. The van der Waals surface area contributed by atoms with E-state index in [9.17, 15) is 13.2 Å². The van der Waals surface area contributed by atoms with Crippen LogP contribution in [0.2, 0.25) is 0 Å². The van der Waals surface area contributed by atoms with Crippen LogP contribution >= 0.6 is 0 Å². The molecule has 32 heavy (non-hydrogen) atoms. The minimum Gasteiger partial charge on any atom is -0.477 e. The highest BCUT2D eigenvalue weighted by Gasteiger charge is 2.39. The van der Waals surface area contributed by atoms with Gasteiger partial charge in [0, 0.05) is 38.4 Å². The Morgan fingerprint density at radius 1 is 1.16 bits per heavy atom. The molecule has 1 amide bonds. The first-order chi connectivity index (χ1) is 15.2. The second kappa shape index (κ2) is 8.89. The number of anilines is 1. The first-order valence-electron chi connectivity index (χ1n) is 10.6. The Labute approximate surface area is 187 Å². The van der Waals surface area contributed by atoms with Gasteiger partial charge in [-0.25, -0.2) is 28.2 Å². The fourth-order valence-corrected chi connectivity index (χ4v) is 4.44. The number of amides is 1. The molecule has 2 atom stereocenters. The van der Waals surface area contributed by atoms with Gasteiger partial charge in [-0.15, -0.1) is 0 Å². The van der Waals surface area contributed by atoms with Gasteiger partial charge in [-0.1, -0.05) is 0 Å². The summed E-state index contributed by atoms with van der Waals surface area (Å²) in [5, 5.41) is 6.20. The van der Waals surface area contributed by atoms with E-state index in [-0.39, 0.29) is 35.3 Å².